The van der Waals surface area contributed by atoms with Gasteiger partial charge >= 0.3 is 0 Å². The van der Waals surface area contributed by atoms with E-state index in [0.717, 1.165) is 18.9 Å². The highest BCUT2D eigenvalue weighted by atomic mass is 14.9. The topological polar surface area (TPSA) is 38.0 Å². The van der Waals surface area contributed by atoms with Gasteiger partial charge in [0.25, 0.3) is 0 Å². The van der Waals surface area contributed by atoms with Gasteiger partial charge in [0.1, 0.15) is 0 Å². The summed E-state index contributed by atoms with van der Waals surface area (Å²) in [6.07, 6.45) is 1.12. The maximum absolute atomic E-state index is 5.26. The first-order chi connectivity index (χ1) is 4.27. The van der Waals surface area contributed by atoms with Crippen molar-refractivity contribution in [1.82, 2.24) is 5.32 Å². The van der Waals surface area contributed by atoms with Gasteiger partial charge in [-0.2, -0.15) is 0 Å². The lowest BCUT2D eigenvalue weighted by molar-refractivity contribution is 0.596. The predicted molar refractivity (Wildman–Crippen MR) is 40.8 cm³/mol. The van der Waals surface area contributed by atoms with Crippen LogP contribution in [0.25, 0.3) is 0 Å². The third-order valence-corrected chi connectivity index (χ3v) is 1.02. The van der Waals surface area contributed by atoms with E-state index in [1.807, 2.05) is 0 Å². The summed E-state index contributed by atoms with van der Waals surface area (Å²) in [7, 11) is 0. The molecule has 3 N–H and O–H groups in total. The van der Waals surface area contributed by atoms with Crippen molar-refractivity contribution < 1.29 is 0 Å². The van der Waals surface area contributed by atoms with Crippen LogP contribution in [0.2, 0.25) is 0 Å². The molecule has 0 aliphatic heterocycles. The number of rotatable bonds is 5. The van der Waals surface area contributed by atoms with E-state index < -0.39 is 0 Å². The lowest BCUT2D eigenvalue weighted by Gasteiger charge is -2.03. The molecule has 0 aromatic carbocycles. The summed E-state index contributed by atoms with van der Waals surface area (Å²) in [5.41, 5.74) is 5.26. The van der Waals surface area contributed by atoms with Crippen molar-refractivity contribution in [2.24, 2.45) is 11.7 Å². The lowest BCUT2D eigenvalue weighted by Crippen LogP contribution is -2.20. The van der Waals surface area contributed by atoms with Gasteiger partial charge in [-0.25, -0.2) is 0 Å². The van der Waals surface area contributed by atoms with Crippen LogP contribution in [0.15, 0.2) is 0 Å². The number of nitrogens with one attached hydrogen (secondary N) is 1. The van der Waals surface area contributed by atoms with E-state index in [4.69, 9.17) is 5.73 Å². The molecule has 2 nitrogen and oxygen atoms in total. The zero-order valence-corrected chi connectivity index (χ0v) is 6.35. The van der Waals surface area contributed by atoms with Crippen molar-refractivity contribution in [3.05, 3.63) is 6.54 Å². The van der Waals surface area contributed by atoms with Crippen molar-refractivity contribution in [3.63, 3.8) is 0 Å². The third-order valence-electron chi connectivity index (χ3n) is 1.02. The Balaban J connectivity index is 2.75. The summed E-state index contributed by atoms with van der Waals surface area (Å²) >= 11 is 0. The molecule has 0 atom stereocenters. The summed E-state index contributed by atoms with van der Waals surface area (Å²) < 4.78 is 0. The maximum Gasteiger partial charge on any atom is 0.0224 e. The molecule has 0 bridgehead atoms. The molecule has 2 heteroatoms. The van der Waals surface area contributed by atoms with Crippen LogP contribution in [0.4, 0.5) is 0 Å². The number of hydrogen-bond donors (Lipinski definition) is 2. The summed E-state index contributed by atoms with van der Waals surface area (Å²) in [4.78, 5) is 0. The second-order valence-corrected chi connectivity index (χ2v) is 2.58. The van der Waals surface area contributed by atoms with Crippen LogP contribution in [0.5, 0.6) is 0 Å². The monoisotopic (exact) mass is 129 g/mol. The molecule has 1 radical (unpaired) electrons. The molecule has 0 amide bonds. The molecule has 0 rings (SSSR count). The minimum Gasteiger partial charge on any atom is -0.329 e. The summed E-state index contributed by atoms with van der Waals surface area (Å²) in [6.45, 7) is 8.08. The van der Waals surface area contributed by atoms with Gasteiger partial charge in [0.15, 0.2) is 0 Å². The molecule has 0 aliphatic carbocycles. The first-order valence-corrected chi connectivity index (χ1v) is 3.52. The Morgan fingerprint density at radius 1 is 1.56 bits per heavy atom. The zero-order valence-electron chi connectivity index (χ0n) is 6.35. The average Bonchev–Trinajstić information content (AvgIpc) is 1.80. The van der Waals surface area contributed by atoms with Crippen molar-refractivity contribution in [2.45, 2.75) is 20.3 Å². The summed E-state index contributed by atoms with van der Waals surface area (Å²) in [6, 6.07) is 0. The average molecular weight is 129 g/mol. The van der Waals surface area contributed by atoms with Gasteiger partial charge in [0.2, 0.25) is 0 Å². The van der Waals surface area contributed by atoms with E-state index >= 15 is 0 Å². The van der Waals surface area contributed by atoms with Gasteiger partial charge in [-0.05, 0) is 12.3 Å². The van der Waals surface area contributed by atoms with Gasteiger partial charge in [0, 0.05) is 19.6 Å². The predicted octanol–water partition coefficient (Wildman–Crippen LogP) is 0.743. The fourth-order valence-corrected chi connectivity index (χ4v) is 0.504. The van der Waals surface area contributed by atoms with Gasteiger partial charge in [-0.3, -0.25) is 0 Å². The Morgan fingerprint density at radius 3 is 2.67 bits per heavy atom. The Kier molecular flexibility index (Phi) is 5.99. The highest BCUT2D eigenvalue weighted by Crippen LogP contribution is 1.98. The highest BCUT2D eigenvalue weighted by molar-refractivity contribution is 4.63. The van der Waals surface area contributed by atoms with Gasteiger partial charge in [-0.15, -0.1) is 0 Å². The molecule has 0 saturated carbocycles. The van der Waals surface area contributed by atoms with Crippen LogP contribution in [0.3, 0.4) is 0 Å². The molecular weight excluding hydrogens is 112 g/mol. The Hall–Kier alpha value is -0.0800. The minimum absolute atomic E-state index is 0.717. The first-order valence-electron chi connectivity index (χ1n) is 3.52. The minimum atomic E-state index is 0.717. The smallest absolute Gasteiger partial charge is 0.0224 e. The van der Waals surface area contributed by atoms with E-state index in [9.17, 15) is 0 Å². The zero-order chi connectivity index (χ0) is 7.11. The van der Waals surface area contributed by atoms with Crippen LogP contribution in [0.1, 0.15) is 20.3 Å². The normalized spacial score (nSPS) is 10.7. The van der Waals surface area contributed by atoms with Crippen LogP contribution in [0, 0.1) is 12.5 Å². The van der Waals surface area contributed by atoms with Crippen LogP contribution in [-0.2, 0) is 0 Å². The Labute approximate surface area is 57.8 Å². The Bertz CT molecular complexity index is 52.9. The second kappa shape index (κ2) is 6.05. The van der Waals surface area contributed by atoms with Crippen LogP contribution >= 0.6 is 0 Å². The number of nitrogens with two attached hydrogens (primary N) is 1. The van der Waals surface area contributed by atoms with Crippen molar-refractivity contribution in [2.75, 3.05) is 13.1 Å². The lowest BCUT2D eigenvalue weighted by atomic mass is 10.1. The van der Waals surface area contributed by atoms with E-state index in [1.54, 1.807) is 0 Å². The molecule has 0 spiro atoms. The van der Waals surface area contributed by atoms with Crippen molar-refractivity contribution in [3.8, 4) is 0 Å². The van der Waals surface area contributed by atoms with Gasteiger partial charge in [0.05, 0.1) is 0 Å². The summed E-state index contributed by atoms with van der Waals surface area (Å²) in [5, 5.41) is 3.12. The molecule has 9 heavy (non-hydrogen) atoms. The molecule has 0 aromatic heterocycles. The molecular formula is C7H17N2. The quantitative estimate of drug-likeness (QED) is 0.537. The molecule has 0 unspecified atom stereocenters. The molecule has 55 valence electrons. The molecule has 0 aromatic rings. The first kappa shape index (κ1) is 8.92. The fraction of sp³-hybridized carbons (Fsp3) is 0.857. The van der Waals surface area contributed by atoms with E-state index in [-0.39, 0.29) is 0 Å². The van der Waals surface area contributed by atoms with E-state index in [2.05, 4.69) is 25.7 Å². The van der Waals surface area contributed by atoms with Gasteiger partial charge in [-0.1, -0.05) is 13.8 Å². The van der Waals surface area contributed by atoms with E-state index in [1.165, 1.54) is 0 Å². The Morgan fingerprint density at radius 2 is 2.22 bits per heavy atom. The van der Waals surface area contributed by atoms with Crippen LogP contribution in [-0.4, -0.2) is 13.1 Å². The van der Waals surface area contributed by atoms with Crippen molar-refractivity contribution in [1.29, 1.82) is 0 Å². The molecule has 0 saturated heterocycles. The molecule has 0 aliphatic rings. The summed E-state index contributed by atoms with van der Waals surface area (Å²) in [5.74, 6) is 0.746. The van der Waals surface area contributed by atoms with E-state index in [0.29, 0.717) is 6.54 Å². The fourth-order valence-electron chi connectivity index (χ4n) is 0.504. The second-order valence-electron chi connectivity index (χ2n) is 2.58. The van der Waals surface area contributed by atoms with Crippen LogP contribution < -0.4 is 11.1 Å². The SMILES string of the molecule is CC(C)C[CH]NCCN. The molecule has 0 fully saturated rings. The largest absolute Gasteiger partial charge is 0.329 e. The standard InChI is InChI=1S/C7H17N2/c1-7(2)3-5-9-6-4-8/h5,7,9H,3-4,6,8H2,1-2H3. The number of hydrogen-bond acceptors (Lipinski definition) is 2. The molecule has 0 heterocycles. The van der Waals surface area contributed by atoms with Crippen molar-refractivity contribution >= 4 is 0 Å². The maximum atomic E-state index is 5.26. The van der Waals surface area contributed by atoms with Gasteiger partial charge < -0.3 is 11.1 Å². The third kappa shape index (κ3) is 7.92. The highest BCUT2D eigenvalue weighted by Gasteiger charge is 1.91.